The largest absolute Gasteiger partial charge is 0.362 e. The zero-order valence-electron chi connectivity index (χ0n) is 12.6. The van der Waals surface area contributed by atoms with E-state index in [9.17, 15) is 4.79 Å². The van der Waals surface area contributed by atoms with E-state index in [2.05, 4.69) is 10.6 Å². The molecule has 0 heterocycles. The molecule has 0 aromatic heterocycles. The van der Waals surface area contributed by atoms with Crippen molar-refractivity contribution in [1.29, 1.82) is 0 Å². The molecule has 2 aromatic carbocycles. The molecule has 120 valence electrons. The van der Waals surface area contributed by atoms with E-state index in [0.717, 1.165) is 23.0 Å². The predicted molar refractivity (Wildman–Crippen MR) is 103 cm³/mol. The lowest BCUT2D eigenvalue weighted by atomic mass is 10.1. The molecule has 0 unspecified atom stereocenters. The van der Waals surface area contributed by atoms with Crippen molar-refractivity contribution >= 4 is 52.2 Å². The molecular formula is C17H17ClN2OS2. The van der Waals surface area contributed by atoms with Crippen LogP contribution < -0.4 is 10.6 Å². The van der Waals surface area contributed by atoms with Crippen LogP contribution in [0.15, 0.2) is 53.4 Å². The molecule has 0 radical (unpaired) electrons. The van der Waals surface area contributed by atoms with Crippen LogP contribution in [0.5, 0.6) is 0 Å². The number of rotatable bonds is 6. The van der Waals surface area contributed by atoms with Gasteiger partial charge in [0.25, 0.3) is 0 Å². The third-order valence-electron chi connectivity index (χ3n) is 3.00. The summed E-state index contributed by atoms with van der Waals surface area (Å²) in [6, 6.07) is 15.0. The fourth-order valence-electron chi connectivity index (χ4n) is 1.86. The smallest absolute Gasteiger partial charge is 0.170 e. The molecule has 3 nitrogen and oxygen atoms in total. The average Bonchev–Trinajstić information content (AvgIpc) is 2.53. The lowest BCUT2D eigenvalue weighted by Crippen LogP contribution is -2.30. The van der Waals surface area contributed by atoms with Crippen LogP contribution in [0.4, 0.5) is 5.69 Å². The Morgan fingerprint density at radius 3 is 2.65 bits per heavy atom. The first-order chi connectivity index (χ1) is 11.0. The molecule has 0 aliphatic rings. The maximum Gasteiger partial charge on any atom is 0.170 e. The Morgan fingerprint density at radius 1 is 1.22 bits per heavy atom. The number of nitrogens with one attached hydrogen (secondary N) is 2. The van der Waals surface area contributed by atoms with Gasteiger partial charge in [-0.05, 0) is 55.5 Å². The fraction of sp³-hybridized carbons (Fsp3) is 0.176. The highest BCUT2D eigenvalue weighted by molar-refractivity contribution is 7.99. The van der Waals surface area contributed by atoms with Gasteiger partial charge >= 0.3 is 0 Å². The minimum atomic E-state index is 0.0342. The van der Waals surface area contributed by atoms with Crippen LogP contribution >= 0.6 is 35.6 Å². The lowest BCUT2D eigenvalue weighted by molar-refractivity contribution is 0.101. The zero-order valence-corrected chi connectivity index (χ0v) is 15.0. The fourth-order valence-corrected chi connectivity index (χ4v) is 2.97. The van der Waals surface area contributed by atoms with Crippen molar-refractivity contribution in [3.8, 4) is 0 Å². The van der Waals surface area contributed by atoms with Crippen molar-refractivity contribution in [3.63, 3.8) is 0 Å². The average molecular weight is 365 g/mol. The van der Waals surface area contributed by atoms with E-state index in [4.69, 9.17) is 23.8 Å². The molecular weight excluding hydrogens is 348 g/mol. The van der Waals surface area contributed by atoms with E-state index < -0.39 is 0 Å². The Hall–Kier alpha value is -1.56. The number of hydrogen-bond acceptors (Lipinski definition) is 3. The van der Waals surface area contributed by atoms with Gasteiger partial charge in [0, 0.05) is 33.5 Å². The van der Waals surface area contributed by atoms with Gasteiger partial charge < -0.3 is 10.6 Å². The van der Waals surface area contributed by atoms with Crippen LogP contribution in [0.25, 0.3) is 0 Å². The molecule has 0 aliphatic carbocycles. The van der Waals surface area contributed by atoms with E-state index in [-0.39, 0.29) is 5.78 Å². The number of hydrogen-bond donors (Lipinski definition) is 2. The lowest BCUT2D eigenvalue weighted by Gasteiger charge is -2.11. The summed E-state index contributed by atoms with van der Waals surface area (Å²) in [7, 11) is 0. The van der Waals surface area contributed by atoms with Crippen LogP contribution in [0.2, 0.25) is 5.02 Å². The first-order valence-corrected chi connectivity index (χ1v) is 8.86. The van der Waals surface area contributed by atoms with Crippen LogP contribution in [0.1, 0.15) is 17.3 Å². The second-order valence-electron chi connectivity index (χ2n) is 4.82. The molecule has 0 fully saturated rings. The molecule has 2 aromatic rings. The third-order valence-corrected chi connectivity index (χ3v) is 4.51. The van der Waals surface area contributed by atoms with Crippen molar-refractivity contribution in [2.75, 3.05) is 17.6 Å². The molecule has 0 saturated heterocycles. The summed E-state index contributed by atoms with van der Waals surface area (Å²) < 4.78 is 0. The van der Waals surface area contributed by atoms with Crippen molar-refractivity contribution in [1.82, 2.24) is 5.32 Å². The summed E-state index contributed by atoms with van der Waals surface area (Å²) in [4.78, 5) is 12.5. The first-order valence-electron chi connectivity index (χ1n) is 7.09. The molecule has 0 spiro atoms. The van der Waals surface area contributed by atoms with Gasteiger partial charge in [0.15, 0.2) is 10.9 Å². The Kier molecular flexibility index (Phi) is 6.89. The normalized spacial score (nSPS) is 10.2. The summed E-state index contributed by atoms with van der Waals surface area (Å²) >= 11 is 12.8. The van der Waals surface area contributed by atoms with E-state index in [1.807, 2.05) is 36.4 Å². The van der Waals surface area contributed by atoms with E-state index in [0.29, 0.717) is 10.7 Å². The van der Waals surface area contributed by atoms with Crippen molar-refractivity contribution < 1.29 is 4.79 Å². The minimum Gasteiger partial charge on any atom is -0.362 e. The topological polar surface area (TPSA) is 41.1 Å². The highest BCUT2D eigenvalue weighted by Crippen LogP contribution is 2.19. The summed E-state index contributed by atoms with van der Waals surface area (Å²) in [5.41, 5.74) is 1.47. The van der Waals surface area contributed by atoms with Gasteiger partial charge in [-0.1, -0.05) is 23.7 Å². The van der Waals surface area contributed by atoms with Gasteiger partial charge in [-0.25, -0.2) is 0 Å². The standard InChI is InChI=1S/C17H17ClN2OS2/c1-12(21)13-3-2-4-15(11-13)20-17(22)19-9-10-23-16-7-5-14(18)6-8-16/h2-8,11H,9-10H2,1H3,(H2,19,20,22). The molecule has 0 aliphatic heterocycles. The molecule has 23 heavy (non-hydrogen) atoms. The number of thiocarbonyl (C=S) groups is 1. The molecule has 2 N–H and O–H groups in total. The van der Waals surface area contributed by atoms with E-state index in [1.54, 1.807) is 30.8 Å². The second-order valence-corrected chi connectivity index (χ2v) is 6.83. The SMILES string of the molecule is CC(=O)c1cccc(NC(=S)NCCSc2ccc(Cl)cc2)c1. The van der Waals surface area contributed by atoms with Gasteiger partial charge in [0.2, 0.25) is 0 Å². The van der Waals surface area contributed by atoms with Gasteiger partial charge in [0.05, 0.1) is 0 Å². The number of benzene rings is 2. The summed E-state index contributed by atoms with van der Waals surface area (Å²) in [5.74, 6) is 0.920. The quantitative estimate of drug-likeness (QED) is 0.339. The first kappa shape index (κ1) is 17.8. The molecule has 0 amide bonds. The number of carbonyl (C=O) groups is 1. The summed E-state index contributed by atoms with van der Waals surface area (Å²) in [6.45, 7) is 2.29. The van der Waals surface area contributed by atoms with Crippen LogP contribution in [-0.2, 0) is 0 Å². The Morgan fingerprint density at radius 2 is 1.96 bits per heavy atom. The minimum absolute atomic E-state index is 0.0342. The second kappa shape index (κ2) is 8.91. The highest BCUT2D eigenvalue weighted by Gasteiger charge is 2.02. The van der Waals surface area contributed by atoms with E-state index in [1.165, 1.54) is 4.90 Å². The maximum absolute atomic E-state index is 11.4. The number of ketones is 1. The van der Waals surface area contributed by atoms with Crippen LogP contribution in [-0.4, -0.2) is 23.2 Å². The predicted octanol–water partition coefficient (Wildman–Crippen LogP) is 4.62. The third kappa shape index (κ3) is 6.22. The Bertz CT molecular complexity index is 689. The number of thioether (sulfide) groups is 1. The summed E-state index contributed by atoms with van der Waals surface area (Å²) in [5, 5.41) is 7.52. The maximum atomic E-state index is 11.4. The van der Waals surface area contributed by atoms with Crippen molar-refractivity contribution in [2.45, 2.75) is 11.8 Å². The Labute approximate surface area is 150 Å². The Balaban J connectivity index is 1.74. The highest BCUT2D eigenvalue weighted by atomic mass is 35.5. The molecule has 0 saturated carbocycles. The molecule has 2 rings (SSSR count). The molecule has 0 bridgehead atoms. The zero-order chi connectivity index (χ0) is 16.7. The summed E-state index contributed by atoms with van der Waals surface area (Å²) in [6.07, 6.45) is 0. The van der Waals surface area contributed by atoms with Gasteiger partial charge in [-0.15, -0.1) is 11.8 Å². The van der Waals surface area contributed by atoms with Gasteiger partial charge in [-0.3, -0.25) is 4.79 Å². The van der Waals surface area contributed by atoms with Crippen molar-refractivity contribution in [2.24, 2.45) is 0 Å². The molecule has 6 heteroatoms. The number of anilines is 1. The number of halogens is 1. The monoisotopic (exact) mass is 364 g/mol. The van der Waals surface area contributed by atoms with Crippen LogP contribution in [0.3, 0.4) is 0 Å². The van der Waals surface area contributed by atoms with Crippen molar-refractivity contribution in [3.05, 3.63) is 59.1 Å². The van der Waals surface area contributed by atoms with Gasteiger partial charge in [0.1, 0.15) is 0 Å². The van der Waals surface area contributed by atoms with E-state index >= 15 is 0 Å². The van der Waals surface area contributed by atoms with Gasteiger partial charge in [-0.2, -0.15) is 0 Å². The molecule has 0 atom stereocenters. The number of carbonyl (C=O) groups excluding carboxylic acids is 1. The number of Topliss-reactive ketones (excluding diaryl/α,β-unsaturated/α-hetero) is 1. The van der Waals surface area contributed by atoms with Crippen LogP contribution in [0, 0.1) is 0 Å².